The van der Waals surface area contributed by atoms with E-state index in [1.54, 1.807) is 0 Å². The number of ether oxygens (including phenoxy) is 2. The molecule has 2 aromatic carbocycles. The number of hydrogen-bond donors (Lipinski definition) is 3. The van der Waals surface area contributed by atoms with Crippen molar-refractivity contribution >= 4 is 5.91 Å². The van der Waals surface area contributed by atoms with Crippen LogP contribution in [0.5, 0.6) is 0 Å². The summed E-state index contributed by atoms with van der Waals surface area (Å²) in [5.41, 5.74) is 3.88. The number of nitrogens with zero attached hydrogens (tertiary/aromatic N) is 1. The fourth-order valence-electron chi connectivity index (χ4n) is 4.66. The number of benzene rings is 2. The van der Waals surface area contributed by atoms with Crippen LogP contribution in [0.25, 0.3) is 0 Å². The number of hydrogen-bond acceptors (Lipinski definition) is 6. The van der Waals surface area contributed by atoms with Crippen molar-refractivity contribution in [3.63, 3.8) is 0 Å². The van der Waals surface area contributed by atoms with Crippen LogP contribution in [-0.4, -0.2) is 52.9 Å². The maximum absolute atomic E-state index is 11.2. The zero-order valence-electron chi connectivity index (χ0n) is 19.2. The topological polar surface area (TPSA) is 91.3 Å². The molecule has 7 heteroatoms. The predicted molar refractivity (Wildman–Crippen MR) is 124 cm³/mol. The predicted octanol–water partition coefficient (Wildman–Crippen LogP) is 2.82. The van der Waals surface area contributed by atoms with Crippen LogP contribution in [0.4, 0.5) is 0 Å². The fraction of sp³-hybridized carbons (Fsp3) is 0.500. The normalized spacial score (nSPS) is 25.8. The second-order valence-electron chi connectivity index (χ2n) is 8.98. The molecule has 0 spiro atoms. The summed E-state index contributed by atoms with van der Waals surface area (Å²) < 4.78 is 12.8. The summed E-state index contributed by atoms with van der Waals surface area (Å²) in [6, 6.07) is 16.0. The number of aliphatic hydroxyl groups is 2. The first kappa shape index (κ1) is 23.9. The molecule has 2 aliphatic rings. The lowest BCUT2D eigenvalue weighted by atomic mass is 9.99. The van der Waals surface area contributed by atoms with E-state index in [4.69, 9.17) is 9.47 Å². The van der Waals surface area contributed by atoms with Crippen LogP contribution < -0.4 is 5.32 Å². The van der Waals surface area contributed by atoms with Gasteiger partial charge in [0.15, 0.2) is 6.29 Å². The largest absolute Gasteiger partial charge is 0.395 e. The van der Waals surface area contributed by atoms with Gasteiger partial charge in [-0.25, -0.2) is 0 Å². The van der Waals surface area contributed by atoms with Gasteiger partial charge in [0.1, 0.15) is 0 Å². The molecule has 2 saturated heterocycles. The Balaban J connectivity index is 1.51. The molecule has 2 aromatic rings. The number of carbonyl (C=O) groups is 1. The van der Waals surface area contributed by atoms with E-state index in [9.17, 15) is 15.0 Å². The van der Waals surface area contributed by atoms with Crippen LogP contribution in [0, 0.1) is 0 Å². The van der Waals surface area contributed by atoms with Gasteiger partial charge in [-0.05, 0) is 36.1 Å². The highest BCUT2D eigenvalue weighted by Gasteiger charge is 2.35. The fourth-order valence-corrected chi connectivity index (χ4v) is 4.66. The lowest BCUT2D eigenvalue weighted by Gasteiger charge is -2.38. The summed E-state index contributed by atoms with van der Waals surface area (Å²) in [6.07, 6.45) is 2.18. The van der Waals surface area contributed by atoms with Gasteiger partial charge in [0.25, 0.3) is 0 Å². The molecular formula is C26H34N2O5. The highest BCUT2D eigenvalue weighted by Crippen LogP contribution is 2.38. The van der Waals surface area contributed by atoms with Gasteiger partial charge in [0, 0.05) is 38.0 Å². The first-order valence-corrected chi connectivity index (χ1v) is 11.7. The van der Waals surface area contributed by atoms with E-state index in [1.807, 2.05) is 48.5 Å². The third kappa shape index (κ3) is 6.19. The van der Waals surface area contributed by atoms with Crippen molar-refractivity contribution in [1.82, 2.24) is 10.2 Å². The zero-order valence-corrected chi connectivity index (χ0v) is 19.2. The Labute approximate surface area is 195 Å². The van der Waals surface area contributed by atoms with Gasteiger partial charge in [-0.1, -0.05) is 48.5 Å². The molecule has 2 heterocycles. The molecule has 0 aliphatic carbocycles. The van der Waals surface area contributed by atoms with Crippen molar-refractivity contribution in [2.45, 2.75) is 63.9 Å². The Morgan fingerprint density at radius 2 is 1.73 bits per heavy atom. The number of likely N-dealkylation sites (tertiary alicyclic amines) is 1. The minimum Gasteiger partial charge on any atom is -0.395 e. The van der Waals surface area contributed by atoms with Gasteiger partial charge < -0.3 is 25.0 Å². The number of aliphatic hydroxyl groups excluding tert-OH is 2. The van der Waals surface area contributed by atoms with E-state index >= 15 is 0 Å². The Morgan fingerprint density at radius 1 is 1.03 bits per heavy atom. The molecule has 33 heavy (non-hydrogen) atoms. The molecule has 1 amide bonds. The molecule has 0 saturated carbocycles. The van der Waals surface area contributed by atoms with Crippen LogP contribution in [0.1, 0.15) is 60.8 Å². The van der Waals surface area contributed by atoms with Gasteiger partial charge in [0.2, 0.25) is 5.91 Å². The van der Waals surface area contributed by atoms with Gasteiger partial charge >= 0.3 is 0 Å². The molecule has 2 aliphatic heterocycles. The van der Waals surface area contributed by atoms with Crippen LogP contribution >= 0.6 is 0 Å². The molecule has 3 N–H and O–H groups in total. The number of carbonyl (C=O) groups excluding carboxylic acids is 1. The van der Waals surface area contributed by atoms with Crippen molar-refractivity contribution in [2.24, 2.45) is 0 Å². The van der Waals surface area contributed by atoms with Crippen LogP contribution in [0.15, 0.2) is 48.5 Å². The summed E-state index contributed by atoms with van der Waals surface area (Å²) in [4.78, 5) is 13.5. The summed E-state index contributed by atoms with van der Waals surface area (Å²) in [6.45, 7) is 3.92. The van der Waals surface area contributed by atoms with Gasteiger partial charge in [-0.3, -0.25) is 9.69 Å². The standard InChI is InChI=1S/C26H34N2O5/c1-18(31)27-14-19-4-10-22(11-5-19)26-32-24(15-28-12-2-3-23(28)17-30)13-25(33-26)21-8-6-20(16-29)7-9-21/h4-11,23-26,29-30H,2-3,12-17H2,1H3,(H,27,31)/t23-,24-,25+,26+/m0/s1. The van der Waals surface area contributed by atoms with E-state index in [-0.39, 0.29) is 37.4 Å². The Kier molecular flexibility index (Phi) is 8.11. The average Bonchev–Trinajstić information content (AvgIpc) is 3.30. The minimum absolute atomic E-state index is 0.0164. The summed E-state index contributed by atoms with van der Waals surface area (Å²) in [5.74, 6) is -0.0565. The monoisotopic (exact) mass is 454 g/mol. The van der Waals surface area contributed by atoms with E-state index in [0.717, 1.165) is 54.6 Å². The molecule has 7 nitrogen and oxygen atoms in total. The molecule has 4 atom stereocenters. The Hall–Kier alpha value is -2.29. The highest BCUT2D eigenvalue weighted by atomic mass is 16.7. The first-order chi connectivity index (χ1) is 16.1. The molecule has 4 rings (SSSR count). The molecular weight excluding hydrogens is 420 g/mol. The molecule has 0 bridgehead atoms. The third-order valence-electron chi connectivity index (χ3n) is 6.56. The van der Waals surface area contributed by atoms with E-state index < -0.39 is 6.29 Å². The first-order valence-electron chi connectivity index (χ1n) is 11.7. The van der Waals surface area contributed by atoms with E-state index in [1.165, 1.54) is 6.92 Å². The number of rotatable bonds is 8. The van der Waals surface area contributed by atoms with Crippen molar-refractivity contribution in [3.05, 3.63) is 70.8 Å². The lowest BCUT2D eigenvalue weighted by Crippen LogP contribution is -2.42. The highest BCUT2D eigenvalue weighted by molar-refractivity contribution is 5.72. The molecule has 0 unspecified atom stereocenters. The maximum atomic E-state index is 11.2. The summed E-state index contributed by atoms with van der Waals surface area (Å²) in [5, 5.41) is 21.9. The SMILES string of the molecule is CC(=O)NCc1ccc([C@@H]2O[C@H](CN3CCC[C@H]3CO)C[C@H](c3ccc(CO)cc3)O2)cc1. The molecule has 0 aromatic heterocycles. The maximum Gasteiger partial charge on any atom is 0.217 e. The Morgan fingerprint density at radius 3 is 2.39 bits per heavy atom. The van der Waals surface area contributed by atoms with Crippen LogP contribution in [-0.2, 0) is 27.4 Å². The van der Waals surface area contributed by atoms with E-state index in [0.29, 0.717) is 6.54 Å². The second-order valence-corrected chi connectivity index (χ2v) is 8.98. The van der Waals surface area contributed by atoms with Gasteiger partial charge in [-0.2, -0.15) is 0 Å². The second kappa shape index (κ2) is 11.2. The Bertz CT molecular complexity index is 902. The van der Waals surface area contributed by atoms with Gasteiger partial charge in [0.05, 0.1) is 25.4 Å². The van der Waals surface area contributed by atoms with Gasteiger partial charge in [-0.15, -0.1) is 0 Å². The van der Waals surface area contributed by atoms with Crippen molar-refractivity contribution in [1.29, 1.82) is 0 Å². The summed E-state index contributed by atoms with van der Waals surface area (Å²) in [7, 11) is 0. The van der Waals surface area contributed by atoms with Crippen molar-refractivity contribution < 1.29 is 24.5 Å². The zero-order chi connectivity index (χ0) is 23.2. The van der Waals surface area contributed by atoms with Crippen molar-refractivity contribution in [2.75, 3.05) is 19.7 Å². The quantitative estimate of drug-likeness (QED) is 0.568. The third-order valence-corrected chi connectivity index (χ3v) is 6.56. The van der Waals surface area contributed by atoms with E-state index in [2.05, 4.69) is 10.2 Å². The number of amides is 1. The molecule has 0 radical (unpaired) electrons. The summed E-state index contributed by atoms with van der Waals surface area (Å²) >= 11 is 0. The van der Waals surface area contributed by atoms with Crippen molar-refractivity contribution in [3.8, 4) is 0 Å². The van der Waals surface area contributed by atoms with Crippen LogP contribution in [0.2, 0.25) is 0 Å². The number of nitrogens with one attached hydrogen (secondary N) is 1. The minimum atomic E-state index is -0.503. The average molecular weight is 455 g/mol. The smallest absolute Gasteiger partial charge is 0.217 e. The lowest BCUT2D eigenvalue weighted by molar-refractivity contribution is -0.253. The molecule has 178 valence electrons. The van der Waals surface area contributed by atoms with Crippen LogP contribution in [0.3, 0.4) is 0 Å². The molecule has 2 fully saturated rings.